The van der Waals surface area contributed by atoms with Crippen LogP contribution in [-0.2, 0) is 16.0 Å². The van der Waals surface area contributed by atoms with Gasteiger partial charge in [-0.05, 0) is 63.2 Å². The molecule has 2 fully saturated rings. The predicted molar refractivity (Wildman–Crippen MR) is 123 cm³/mol. The summed E-state index contributed by atoms with van der Waals surface area (Å²) in [7, 11) is 0. The van der Waals surface area contributed by atoms with Crippen molar-refractivity contribution in [1.82, 2.24) is 9.88 Å². The average Bonchev–Trinajstić information content (AvgIpc) is 3.50. The lowest BCUT2D eigenvalue weighted by atomic mass is 9.53. The van der Waals surface area contributed by atoms with Crippen LogP contribution in [-0.4, -0.2) is 46.0 Å². The minimum atomic E-state index is -0.525. The Hall–Kier alpha value is -1.47. The molecule has 0 aliphatic heterocycles. The summed E-state index contributed by atoms with van der Waals surface area (Å²) in [5.74, 6) is 0.363. The molecule has 1 aromatic heterocycles. The number of hydrogen-bond acceptors (Lipinski definition) is 5. The maximum absolute atomic E-state index is 13.0. The molecule has 2 saturated carbocycles. The number of amides is 2. The van der Waals surface area contributed by atoms with Crippen molar-refractivity contribution in [2.75, 3.05) is 18.4 Å². The Morgan fingerprint density at radius 2 is 1.97 bits per heavy atom. The van der Waals surface area contributed by atoms with Crippen LogP contribution in [0.25, 0.3) is 0 Å². The first-order valence-electron chi connectivity index (χ1n) is 12.0. The van der Waals surface area contributed by atoms with E-state index in [4.69, 9.17) is 4.98 Å². The van der Waals surface area contributed by atoms with Crippen molar-refractivity contribution in [1.29, 1.82) is 0 Å². The molecule has 31 heavy (non-hydrogen) atoms. The minimum Gasteiger partial charge on any atom is -0.392 e. The summed E-state index contributed by atoms with van der Waals surface area (Å²) in [5.41, 5.74) is 1.02. The molecule has 7 heteroatoms. The van der Waals surface area contributed by atoms with E-state index in [0.29, 0.717) is 18.2 Å². The molecular weight excluding hydrogens is 410 g/mol. The van der Waals surface area contributed by atoms with E-state index < -0.39 is 6.10 Å². The number of nitrogens with one attached hydrogen (secondary N) is 1. The molecule has 1 aromatic rings. The van der Waals surface area contributed by atoms with Crippen molar-refractivity contribution in [3.05, 3.63) is 10.6 Å². The second kappa shape index (κ2) is 8.47. The fourth-order valence-electron chi connectivity index (χ4n) is 6.16. The number of aliphatic hydroxyl groups excluding tert-OH is 1. The van der Waals surface area contributed by atoms with Gasteiger partial charge in [0.2, 0.25) is 11.8 Å². The third-order valence-corrected chi connectivity index (χ3v) is 9.19. The largest absolute Gasteiger partial charge is 0.392 e. The number of fused-ring (bicyclic) bond motifs is 2. The Labute approximate surface area is 189 Å². The summed E-state index contributed by atoms with van der Waals surface area (Å²) in [4.78, 5) is 33.1. The third-order valence-electron chi connectivity index (χ3n) is 8.21. The van der Waals surface area contributed by atoms with Gasteiger partial charge in [0.15, 0.2) is 5.13 Å². The van der Waals surface area contributed by atoms with Crippen LogP contribution in [0.1, 0.15) is 76.8 Å². The standard InChI is InChI=1S/C24H37N3O3S/c1-6-27(7-2)22(30)13(3)16-10-11-24(5)12-17-19(14(4)18(24)20(16)28)25-23(31-17)26-21(29)15-8-9-15/h13-16,18,20,28H,6-12H2,1-5H3,(H,25,26,29)/t13-,14-,16-,18+,20-,24-/m0/s1. The highest BCUT2D eigenvalue weighted by atomic mass is 32.1. The molecule has 4 rings (SSSR count). The lowest BCUT2D eigenvalue weighted by Gasteiger charge is -2.53. The van der Waals surface area contributed by atoms with E-state index in [2.05, 4.69) is 19.2 Å². The molecule has 3 aliphatic carbocycles. The summed E-state index contributed by atoms with van der Waals surface area (Å²) >= 11 is 1.60. The van der Waals surface area contributed by atoms with Gasteiger partial charge in [0.25, 0.3) is 0 Å². The second-order valence-corrected chi connectivity index (χ2v) is 11.3. The van der Waals surface area contributed by atoms with Crippen LogP contribution in [0.3, 0.4) is 0 Å². The third kappa shape index (κ3) is 4.04. The van der Waals surface area contributed by atoms with Crippen LogP contribution >= 0.6 is 11.3 Å². The van der Waals surface area contributed by atoms with E-state index in [1.165, 1.54) is 4.88 Å². The van der Waals surface area contributed by atoms with Crippen molar-refractivity contribution in [3.8, 4) is 0 Å². The highest BCUT2D eigenvalue weighted by Crippen LogP contribution is 2.57. The number of thiazole rings is 1. The van der Waals surface area contributed by atoms with Gasteiger partial charge in [-0.2, -0.15) is 0 Å². The van der Waals surface area contributed by atoms with E-state index >= 15 is 0 Å². The highest BCUT2D eigenvalue weighted by molar-refractivity contribution is 7.15. The zero-order valence-corrected chi connectivity index (χ0v) is 20.3. The average molecular weight is 448 g/mol. The summed E-state index contributed by atoms with van der Waals surface area (Å²) in [6.45, 7) is 11.9. The van der Waals surface area contributed by atoms with Crippen LogP contribution in [0.2, 0.25) is 0 Å². The van der Waals surface area contributed by atoms with E-state index in [1.807, 2.05) is 25.7 Å². The summed E-state index contributed by atoms with van der Waals surface area (Å²) in [5, 5.41) is 15.3. The number of rotatable bonds is 6. The number of anilines is 1. The zero-order chi connectivity index (χ0) is 22.5. The smallest absolute Gasteiger partial charge is 0.229 e. The fraction of sp³-hybridized carbons (Fsp3) is 0.792. The monoisotopic (exact) mass is 447 g/mol. The molecule has 6 atom stereocenters. The van der Waals surface area contributed by atoms with Crippen LogP contribution < -0.4 is 5.32 Å². The number of carbonyl (C=O) groups is 2. The first kappa shape index (κ1) is 22.7. The van der Waals surface area contributed by atoms with E-state index in [9.17, 15) is 14.7 Å². The second-order valence-electron chi connectivity index (χ2n) is 10.2. The molecular formula is C24H37N3O3S. The van der Waals surface area contributed by atoms with E-state index in [-0.39, 0.29) is 46.8 Å². The van der Waals surface area contributed by atoms with E-state index in [1.54, 1.807) is 11.3 Å². The van der Waals surface area contributed by atoms with Gasteiger partial charge in [-0.25, -0.2) is 4.98 Å². The summed E-state index contributed by atoms with van der Waals surface area (Å²) in [6.07, 6.45) is 4.19. The Balaban J connectivity index is 1.55. The lowest BCUT2D eigenvalue weighted by Crippen LogP contribution is -2.53. The molecule has 0 bridgehead atoms. The highest BCUT2D eigenvalue weighted by Gasteiger charge is 2.54. The number of carbonyl (C=O) groups excluding carboxylic acids is 2. The summed E-state index contributed by atoms with van der Waals surface area (Å²) in [6, 6.07) is 0. The minimum absolute atomic E-state index is 0.00932. The molecule has 1 heterocycles. The molecule has 3 aliphatic rings. The van der Waals surface area contributed by atoms with Crippen LogP contribution in [0.5, 0.6) is 0 Å². The topological polar surface area (TPSA) is 82.5 Å². The maximum atomic E-state index is 13.0. The van der Waals surface area contributed by atoms with Crippen LogP contribution in [0.15, 0.2) is 0 Å². The molecule has 2 amide bonds. The maximum Gasteiger partial charge on any atom is 0.229 e. The number of aromatic nitrogens is 1. The molecule has 0 saturated heterocycles. The zero-order valence-electron chi connectivity index (χ0n) is 19.5. The number of aliphatic hydroxyl groups is 1. The normalized spacial score (nSPS) is 33.2. The fourth-order valence-corrected chi connectivity index (χ4v) is 7.43. The van der Waals surface area contributed by atoms with Crippen molar-refractivity contribution < 1.29 is 14.7 Å². The van der Waals surface area contributed by atoms with Gasteiger partial charge >= 0.3 is 0 Å². The van der Waals surface area contributed by atoms with Crippen LogP contribution in [0, 0.1) is 29.1 Å². The molecule has 2 N–H and O–H groups in total. The van der Waals surface area contributed by atoms with Gasteiger partial charge in [-0.3, -0.25) is 9.59 Å². The SMILES string of the molecule is CCN(CC)C(=O)[C@@H](C)[C@@H]1CC[C@@]2(C)Cc3sc(NC(=O)C4CC4)nc3[C@@H](C)[C@@H]2[C@H]1O. The quantitative estimate of drug-likeness (QED) is 0.689. The molecule has 0 spiro atoms. The Morgan fingerprint density at radius 1 is 1.29 bits per heavy atom. The van der Waals surface area contributed by atoms with Crippen molar-refractivity contribution in [2.24, 2.45) is 29.1 Å². The first-order chi connectivity index (χ1) is 14.7. The van der Waals surface area contributed by atoms with Gasteiger partial charge in [-0.15, -0.1) is 11.3 Å². The molecule has 172 valence electrons. The number of hydrogen-bond donors (Lipinski definition) is 2. The molecule has 0 radical (unpaired) electrons. The van der Waals surface area contributed by atoms with E-state index in [0.717, 1.165) is 37.8 Å². The van der Waals surface area contributed by atoms with Crippen molar-refractivity contribution >= 4 is 28.3 Å². The van der Waals surface area contributed by atoms with Crippen molar-refractivity contribution in [3.63, 3.8) is 0 Å². The lowest BCUT2D eigenvalue weighted by molar-refractivity contribution is -0.144. The van der Waals surface area contributed by atoms with Gasteiger partial charge in [0, 0.05) is 35.7 Å². The molecule has 0 aromatic carbocycles. The van der Waals surface area contributed by atoms with Crippen molar-refractivity contribution in [2.45, 2.75) is 78.7 Å². The molecule has 0 unspecified atom stereocenters. The number of nitrogens with zero attached hydrogens (tertiary/aromatic N) is 2. The van der Waals surface area contributed by atoms with Gasteiger partial charge in [-0.1, -0.05) is 20.8 Å². The van der Waals surface area contributed by atoms with Gasteiger partial charge in [0.05, 0.1) is 11.8 Å². The first-order valence-corrected chi connectivity index (χ1v) is 12.8. The Bertz CT molecular complexity index is 847. The van der Waals surface area contributed by atoms with Gasteiger partial charge in [0.1, 0.15) is 0 Å². The molecule has 6 nitrogen and oxygen atoms in total. The van der Waals surface area contributed by atoms with Gasteiger partial charge < -0.3 is 15.3 Å². The Morgan fingerprint density at radius 3 is 2.58 bits per heavy atom. The summed E-state index contributed by atoms with van der Waals surface area (Å²) < 4.78 is 0. The predicted octanol–water partition coefficient (Wildman–Crippen LogP) is 4.05. The Kier molecular flexibility index (Phi) is 6.21. The van der Waals surface area contributed by atoms with Crippen LogP contribution in [0.4, 0.5) is 5.13 Å².